The first kappa shape index (κ1) is 22.0. The molecule has 162 valence electrons. The summed E-state index contributed by atoms with van der Waals surface area (Å²) in [5, 5.41) is 0. The van der Waals surface area contributed by atoms with Crippen LogP contribution in [0.15, 0.2) is 18.2 Å². The Labute approximate surface area is 176 Å². The lowest BCUT2D eigenvalue weighted by molar-refractivity contribution is -0.146. The summed E-state index contributed by atoms with van der Waals surface area (Å²) in [6, 6.07) is 4.28. The second-order valence-electron chi connectivity index (χ2n) is 8.34. The van der Waals surface area contributed by atoms with Gasteiger partial charge in [0.15, 0.2) is 6.61 Å². The second kappa shape index (κ2) is 8.95. The molecule has 0 aromatic heterocycles. The second-order valence-corrected chi connectivity index (χ2v) is 8.34. The molecule has 0 saturated carbocycles. The van der Waals surface area contributed by atoms with Gasteiger partial charge in [0.25, 0.3) is 17.7 Å². The smallest absolute Gasteiger partial charge is 0.338 e. The van der Waals surface area contributed by atoms with Crippen LogP contribution in [0.3, 0.4) is 0 Å². The zero-order chi connectivity index (χ0) is 22.0. The van der Waals surface area contributed by atoms with Crippen molar-refractivity contribution >= 4 is 23.7 Å². The van der Waals surface area contributed by atoms with E-state index >= 15 is 0 Å². The van der Waals surface area contributed by atoms with Gasteiger partial charge in [-0.15, -0.1) is 0 Å². The van der Waals surface area contributed by atoms with Crippen molar-refractivity contribution in [1.82, 2.24) is 9.80 Å². The first-order valence-corrected chi connectivity index (χ1v) is 10.3. The Balaban J connectivity index is 1.63. The minimum Gasteiger partial charge on any atom is -0.452 e. The van der Waals surface area contributed by atoms with E-state index in [-0.39, 0.29) is 47.3 Å². The number of carbonyl (C=O) groups excluding carboxylic acids is 4. The summed E-state index contributed by atoms with van der Waals surface area (Å²) >= 11 is 0. The highest BCUT2D eigenvalue weighted by molar-refractivity contribution is 6.22. The van der Waals surface area contributed by atoms with E-state index in [0.717, 1.165) is 0 Å². The van der Waals surface area contributed by atoms with Crippen LogP contribution in [-0.2, 0) is 14.3 Å². The van der Waals surface area contributed by atoms with E-state index in [9.17, 15) is 19.2 Å². The number of imide groups is 1. The van der Waals surface area contributed by atoms with Crippen LogP contribution in [0.2, 0.25) is 0 Å². The average Bonchev–Trinajstić information content (AvgIpc) is 2.93. The van der Waals surface area contributed by atoms with Gasteiger partial charge in [-0.3, -0.25) is 19.3 Å². The standard InChI is InChI=1S/C22H28N2O6/c1-13(2)7-8-24-20(26)17-6-5-16(9-18(17)21(24)27)22(28)29-12-19(25)23-10-14(3)30-15(4)11-23/h5-6,9,13-15H,7-8,10-12H2,1-4H3/t14-,15-/m1/s1. The van der Waals surface area contributed by atoms with Gasteiger partial charge in [0, 0.05) is 19.6 Å². The lowest BCUT2D eigenvalue weighted by Crippen LogP contribution is -2.49. The van der Waals surface area contributed by atoms with Gasteiger partial charge in [0.05, 0.1) is 28.9 Å². The SMILES string of the molecule is CC(C)CCN1C(=O)c2ccc(C(=O)OCC(=O)N3C[C@@H](C)O[C@H](C)C3)cc2C1=O. The van der Waals surface area contributed by atoms with E-state index in [1.165, 1.54) is 23.1 Å². The van der Waals surface area contributed by atoms with E-state index in [4.69, 9.17) is 9.47 Å². The molecule has 2 aliphatic heterocycles. The summed E-state index contributed by atoms with van der Waals surface area (Å²) < 4.78 is 10.8. The van der Waals surface area contributed by atoms with Crippen molar-refractivity contribution < 1.29 is 28.7 Å². The lowest BCUT2D eigenvalue weighted by Gasteiger charge is -2.35. The minimum absolute atomic E-state index is 0.0766. The van der Waals surface area contributed by atoms with E-state index < -0.39 is 11.9 Å². The van der Waals surface area contributed by atoms with Crippen LogP contribution < -0.4 is 0 Å². The summed E-state index contributed by atoms with van der Waals surface area (Å²) in [4.78, 5) is 52.7. The van der Waals surface area contributed by atoms with Gasteiger partial charge in [-0.2, -0.15) is 0 Å². The third-order valence-electron chi connectivity index (χ3n) is 5.24. The van der Waals surface area contributed by atoms with Gasteiger partial charge in [0.1, 0.15) is 0 Å². The molecule has 8 nitrogen and oxygen atoms in total. The number of esters is 1. The monoisotopic (exact) mass is 416 g/mol. The third-order valence-corrected chi connectivity index (χ3v) is 5.24. The third kappa shape index (κ3) is 4.70. The van der Waals surface area contributed by atoms with E-state index in [2.05, 4.69) is 0 Å². The fraction of sp³-hybridized carbons (Fsp3) is 0.545. The Morgan fingerprint density at radius 1 is 1.10 bits per heavy atom. The predicted molar refractivity (Wildman–Crippen MR) is 108 cm³/mol. The van der Waals surface area contributed by atoms with E-state index in [1.807, 2.05) is 27.7 Å². The topological polar surface area (TPSA) is 93.2 Å². The van der Waals surface area contributed by atoms with E-state index in [0.29, 0.717) is 32.0 Å². The summed E-state index contributed by atoms with van der Waals surface area (Å²) in [5.41, 5.74) is 0.616. The van der Waals surface area contributed by atoms with Crippen LogP contribution in [0.1, 0.15) is 65.2 Å². The molecule has 30 heavy (non-hydrogen) atoms. The molecule has 1 fully saturated rings. The Hall–Kier alpha value is -2.74. The first-order valence-electron chi connectivity index (χ1n) is 10.3. The van der Waals surface area contributed by atoms with Gasteiger partial charge < -0.3 is 14.4 Å². The van der Waals surface area contributed by atoms with Crippen molar-refractivity contribution in [2.75, 3.05) is 26.2 Å². The number of carbonyl (C=O) groups is 4. The van der Waals surface area contributed by atoms with Gasteiger partial charge in [-0.05, 0) is 44.4 Å². The molecule has 1 saturated heterocycles. The zero-order valence-corrected chi connectivity index (χ0v) is 17.8. The zero-order valence-electron chi connectivity index (χ0n) is 17.8. The molecule has 0 spiro atoms. The van der Waals surface area contributed by atoms with Crippen LogP contribution >= 0.6 is 0 Å². The molecule has 0 radical (unpaired) electrons. The largest absolute Gasteiger partial charge is 0.452 e. The summed E-state index contributed by atoms with van der Waals surface area (Å²) in [7, 11) is 0. The van der Waals surface area contributed by atoms with Crippen molar-refractivity contribution in [2.45, 2.75) is 46.3 Å². The van der Waals surface area contributed by atoms with Crippen molar-refractivity contribution in [1.29, 1.82) is 0 Å². The van der Waals surface area contributed by atoms with Gasteiger partial charge >= 0.3 is 5.97 Å². The maximum absolute atomic E-state index is 12.6. The molecule has 3 amide bonds. The number of morpholine rings is 1. The maximum atomic E-state index is 12.6. The highest BCUT2D eigenvalue weighted by Gasteiger charge is 2.36. The fourth-order valence-corrected chi connectivity index (χ4v) is 3.69. The molecule has 0 N–H and O–H groups in total. The molecule has 2 aliphatic rings. The van der Waals surface area contributed by atoms with Crippen LogP contribution in [0.5, 0.6) is 0 Å². The van der Waals surface area contributed by atoms with Crippen LogP contribution in [0.25, 0.3) is 0 Å². The van der Waals surface area contributed by atoms with Crippen molar-refractivity contribution in [3.05, 3.63) is 34.9 Å². The Morgan fingerprint density at radius 3 is 2.37 bits per heavy atom. The van der Waals surface area contributed by atoms with Gasteiger partial charge in [-0.25, -0.2) is 4.79 Å². The number of nitrogens with zero attached hydrogens (tertiary/aromatic N) is 2. The highest BCUT2D eigenvalue weighted by atomic mass is 16.5. The van der Waals surface area contributed by atoms with Crippen molar-refractivity contribution in [3.63, 3.8) is 0 Å². The molecule has 1 aromatic carbocycles. The minimum atomic E-state index is -0.707. The molecule has 0 aliphatic carbocycles. The van der Waals surface area contributed by atoms with Crippen molar-refractivity contribution in [3.8, 4) is 0 Å². The van der Waals surface area contributed by atoms with Crippen molar-refractivity contribution in [2.24, 2.45) is 5.92 Å². The normalized spacial score (nSPS) is 21.2. The molecule has 3 rings (SSSR count). The molecule has 2 atom stereocenters. The number of fused-ring (bicyclic) bond motifs is 1. The average molecular weight is 416 g/mol. The lowest BCUT2D eigenvalue weighted by atomic mass is 10.1. The highest BCUT2D eigenvalue weighted by Crippen LogP contribution is 2.25. The van der Waals surface area contributed by atoms with Crippen LogP contribution in [0.4, 0.5) is 0 Å². The molecular weight excluding hydrogens is 388 g/mol. The maximum Gasteiger partial charge on any atom is 0.338 e. The van der Waals surface area contributed by atoms with Gasteiger partial charge in [-0.1, -0.05) is 13.8 Å². The molecule has 0 unspecified atom stereocenters. The number of amides is 3. The number of hydrogen-bond acceptors (Lipinski definition) is 6. The number of benzene rings is 1. The van der Waals surface area contributed by atoms with Gasteiger partial charge in [0.2, 0.25) is 0 Å². The Bertz CT molecular complexity index is 855. The molecule has 0 bridgehead atoms. The molecule has 8 heteroatoms. The summed E-state index contributed by atoms with van der Waals surface area (Å²) in [5.74, 6) is -1.40. The predicted octanol–water partition coefficient (Wildman–Crippen LogP) is 2.12. The molecule has 2 heterocycles. The molecule has 1 aromatic rings. The number of rotatable bonds is 6. The van der Waals surface area contributed by atoms with Crippen LogP contribution in [0, 0.1) is 5.92 Å². The Kier molecular flexibility index (Phi) is 6.55. The fourth-order valence-electron chi connectivity index (χ4n) is 3.69. The van der Waals surface area contributed by atoms with E-state index in [1.54, 1.807) is 4.90 Å². The number of ether oxygens (including phenoxy) is 2. The van der Waals surface area contributed by atoms with Crippen LogP contribution in [-0.4, -0.2) is 71.9 Å². The molecular formula is C22H28N2O6. The number of hydrogen-bond donors (Lipinski definition) is 0. The first-order chi connectivity index (χ1) is 14.2. The quantitative estimate of drug-likeness (QED) is 0.521. The summed E-state index contributed by atoms with van der Waals surface area (Å²) in [6.07, 6.45) is 0.556. The Morgan fingerprint density at radius 2 is 1.73 bits per heavy atom. The summed E-state index contributed by atoms with van der Waals surface area (Å²) in [6.45, 7) is 8.66.